The Hall–Kier alpha value is -2.21. The molecule has 1 aromatic carbocycles. The minimum atomic E-state index is -0.277. The van der Waals surface area contributed by atoms with Crippen molar-refractivity contribution in [1.82, 2.24) is 4.98 Å². The first kappa shape index (κ1) is 14.4. The molecule has 2 N–H and O–H groups in total. The van der Waals surface area contributed by atoms with E-state index in [9.17, 15) is 10.1 Å². The van der Waals surface area contributed by atoms with Gasteiger partial charge in [-0.15, -0.1) is 0 Å². The zero-order valence-corrected chi connectivity index (χ0v) is 12.9. The number of fused-ring (bicyclic) bond motifs is 2. The molecular weight excluding hydrogens is 292 g/mol. The van der Waals surface area contributed by atoms with Gasteiger partial charge in [-0.2, -0.15) is 0 Å². The van der Waals surface area contributed by atoms with Gasteiger partial charge in [0.2, 0.25) is 0 Å². The van der Waals surface area contributed by atoms with Crippen LogP contribution in [0.1, 0.15) is 19.3 Å². The molecule has 1 aromatic heterocycles. The summed E-state index contributed by atoms with van der Waals surface area (Å²) in [4.78, 5) is 17.8. The molecule has 6 heteroatoms. The molecule has 0 spiro atoms. The number of hydrogen-bond donors (Lipinski definition) is 1. The van der Waals surface area contributed by atoms with Gasteiger partial charge in [0, 0.05) is 25.3 Å². The summed E-state index contributed by atoms with van der Waals surface area (Å²) in [5.74, 6) is 1.01. The first-order valence-electron chi connectivity index (χ1n) is 8.18. The molecule has 2 aromatic rings. The molecule has 6 nitrogen and oxygen atoms in total. The molecule has 2 fully saturated rings. The zero-order valence-electron chi connectivity index (χ0n) is 12.9. The summed E-state index contributed by atoms with van der Waals surface area (Å²) in [6.07, 6.45) is 5.08. The third-order valence-corrected chi connectivity index (χ3v) is 5.41. The van der Waals surface area contributed by atoms with E-state index in [0.29, 0.717) is 28.4 Å². The largest absolute Gasteiger partial charge is 0.365 e. The summed E-state index contributed by atoms with van der Waals surface area (Å²) >= 11 is 0. The lowest BCUT2D eigenvalue weighted by Gasteiger charge is -2.29. The molecule has 1 aliphatic carbocycles. The fourth-order valence-corrected chi connectivity index (χ4v) is 4.29. The highest BCUT2D eigenvalue weighted by molar-refractivity contribution is 5.94. The number of rotatable bonds is 2. The van der Waals surface area contributed by atoms with Gasteiger partial charge in [-0.25, -0.2) is 0 Å². The lowest BCUT2D eigenvalue weighted by molar-refractivity contribution is -0.382. The van der Waals surface area contributed by atoms with E-state index in [1.165, 1.54) is 12.8 Å². The van der Waals surface area contributed by atoms with Gasteiger partial charge in [0.25, 0.3) is 0 Å². The summed E-state index contributed by atoms with van der Waals surface area (Å²) in [6, 6.07) is 7.47. The zero-order chi connectivity index (χ0) is 16.0. The van der Waals surface area contributed by atoms with Crippen LogP contribution in [0.15, 0.2) is 30.5 Å². The van der Waals surface area contributed by atoms with Gasteiger partial charge in [-0.3, -0.25) is 15.1 Å². The molecule has 1 aliphatic heterocycles. The van der Waals surface area contributed by atoms with E-state index in [1.54, 1.807) is 18.3 Å². The number of hydrogen-bond acceptors (Lipinski definition) is 5. The molecule has 1 saturated heterocycles. The van der Waals surface area contributed by atoms with Crippen molar-refractivity contribution in [3.63, 3.8) is 0 Å². The average molecular weight is 312 g/mol. The Balaban J connectivity index is 1.77. The van der Waals surface area contributed by atoms with Crippen LogP contribution in [0.5, 0.6) is 0 Å². The molecule has 2 aliphatic rings. The predicted octanol–water partition coefficient (Wildman–Crippen LogP) is 2.71. The molecule has 0 amide bonds. The lowest BCUT2D eigenvalue weighted by Crippen LogP contribution is -2.38. The summed E-state index contributed by atoms with van der Waals surface area (Å²) in [5, 5.41) is 12.3. The van der Waals surface area contributed by atoms with Crippen molar-refractivity contribution >= 4 is 22.3 Å². The van der Waals surface area contributed by atoms with Crippen molar-refractivity contribution in [2.45, 2.75) is 25.3 Å². The van der Waals surface area contributed by atoms with Gasteiger partial charge < -0.3 is 10.6 Å². The number of aromatic nitrogens is 1. The maximum Gasteiger partial charge on any atom is 0.301 e. The van der Waals surface area contributed by atoms with Crippen LogP contribution in [0, 0.1) is 22.0 Å². The van der Waals surface area contributed by atoms with Crippen LogP contribution >= 0.6 is 0 Å². The normalized spacial score (nSPS) is 27.2. The molecule has 4 rings (SSSR count). The second-order valence-electron chi connectivity index (χ2n) is 6.68. The van der Waals surface area contributed by atoms with Crippen LogP contribution in [0.25, 0.3) is 10.9 Å². The van der Waals surface area contributed by atoms with Crippen molar-refractivity contribution in [3.8, 4) is 0 Å². The molecule has 3 atom stereocenters. The number of nitro benzene ring substituents is 1. The third-order valence-electron chi connectivity index (χ3n) is 5.41. The van der Waals surface area contributed by atoms with Gasteiger partial charge in [0.05, 0.1) is 15.8 Å². The van der Waals surface area contributed by atoms with Gasteiger partial charge in [0.1, 0.15) is 5.69 Å². The second kappa shape index (κ2) is 5.45. The van der Waals surface area contributed by atoms with E-state index in [0.717, 1.165) is 19.5 Å². The Morgan fingerprint density at radius 1 is 1.26 bits per heavy atom. The Bertz CT molecular complexity index is 763. The number of nitrogens with zero attached hydrogens (tertiary/aromatic N) is 3. The number of pyridine rings is 1. The van der Waals surface area contributed by atoms with Gasteiger partial charge in [-0.05, 0) is 48.9 Å². The highest BCUT2D eigenvalue weighted by Gasteiger charge is 2.40. The number of nitro groups is 1. The minimum Gasteiger partial charge on any atom is -0.365 e. The van der Waals surface area contributed by atoms with Crippen molar-refractivity contribution in [3.05, 3.63) is 40.6 Å². The lowest BCUT2D eigenvalue weighted by atomic mass is 9.78. The quantitative estimate of drug-likeness (QED) is 0.680. The summed E-state index contributed by atoms with van der Waals surface area (Å²) in [5.41, 5.74) is 7.82. The smallest absolute Gasteiger partial charge is 0.301 e. The van der Waals surface area contributed by atoms with E-state index in [-0.39, 0.29) is 16.7 Å². The van der Waals surface area contributed by atoms with Crippen LogP contribution < -0.4 is 10.6 Å². The van der Waals surface area contributed by atoms with Gasteiger partial charge in [0.15, 0.2) is 0 Å². The van der Waals surface area contributed by atoms with E-state index < -0.39 is 0 Å². The van der Waals surface area contributed by atoms with Gasteiger partial charge in [-0.1, -0.05) is 6.42 Å². The van der Waals surface area contributed by atoms with E-state index in [1.807, 2.05) is 12.1 Å². The van der Waals surface area contributed by atoms with Crippen molar-refractivity contribution in [1.29, 1.82) is 0 Å². The molecule has 3 unspecified atom stereocenters. The SMILES string of the molecule is NC1CCCC2CN(c3ccc4ncccc4c3[N+](=O)[O-])CC12. The fraction of sp³-hybridized carbons (Fsp3) is 0.471. The summed E-state index contributed by atoms with van der Waals surface area (Å²) in [7, 11) is 0. The van der Waals surface area contributed by atoms with Crippen LogP contribution in [0.4, 0.5) is 11.4 Å². The van der Waals surface area contributed by atoms with Crippen molar-refractivity contribution < 1.29 is 4.92 Å². The monoisotopic (exact) mass is 312 g/mol. The Labute approximate surface area is 134 Å². The van der Waals surface area contributed by atoms with Crippen LogP contribution in [-0.2, 0) is 0 Å². The van der Waals surface area contributed by atoms with Crippen molar-refractivity contribution in [2.75, 3.05) is 18.0 Å². The molecule has 0 bridgehead atoms. The highest BCUT2D eigenvalue weighted by Crippen LogP contribution is 2.42. The standard InChI is InChI=1S/C17H20N4O2/c18-14-5-1-3-11-9-20(10-13(11)14)16-7-6-15-12(4-2-8-19-15)17(16)21(22)23/h2,4,6-8,11,13-14H,1,3,5,9-10,18H2. The summed E-state index contributed by atoms with van der Waals surface area (Å²) < 4.78 is 0. The van der Waals surface area contributed by atoms with Crippen LogP contribution in [-0.4, -0.2) is 29.0 Å². The molecule has 2 heterocycles. The van der Waals surface area contributed by atoms with E-state index in [2.05, 4.69) is 9.88 Å². The molecule has 1 saturated carbocycles. The average Bonchev–Trinajstić information content (AvgIpc) is 2.99. The van der Waals surface area contributed by atoms with E-state index >= 15 is 0 Å². The van der Waals surface area contributed by atoms with E-state index in [4.69, 9.17) is 5.73 Å². The van der Waals surface area contributed by atoms with Gasteiger partial charge >= 0.3 is 5.69 Å². The molecular formula is C17H20N4O2. The predicted molar refractivity (Wildman–Crippen MR) is 89.4 cm³/mol. The third kappa shape index (κ3) is 2.34. The fourth-order valence-electron chi connectivity index (χ4n) is 4.29. The molecule has 0 radical (unpaired) electrons. The number of benzene rings is 1. The second-order valence-corrected chi connectivity index (χ2v) is 6.68. The number of nitrogens with two attached hydrogens (primary N) is 1. The molecule has 23 heavy (non-hydrogen) atoms. The maximum absolute atomic E-state index is 11.7. The van der Waals surface area contributed by atoms with Crippen molar-refractivity contribution in [2.24, 2.45) is 17.6 Å². The first-order chi connectivity index (χ1) is 11.1. The van der Waals surface area contributed by atoms with Crippen LogP contribution in [0.2, 0.25) is 0 Å². The Morgan fingerprint density at radius 3 is 2.91 bits per heavy atom. The summed E-state index contributed by atoms with van der Waals surface area (Å²) in [6.45, 7) is 1.68. The molecule has 120 valence electrons. The minimum absolute atomic E-state index is 0.169. The Morgan fingerprint density at radius 2 is 2.13 bits per heavy atom. The Kier molecular flexibility index (Phi) is 3.41. The highest BCUT2D eigenvalue weighted by atomic mass is 16.6. The maximum atomic E-state index is 11.7. The topological polar surface area (TPSA) is 85.3 Å². The first-order valence-corrected chi connectivity index (χ1v) is 8.18. The number of anilines is 1. The van der Waals surface area contributed by atoms with Crippen LogP contribution in [0.3, 0.4) is 0 Å².